The zero-order chi connectivity index (χ0) is 14.5. The van der Waals surface area contributed by atoms with Gasteiger partial charge in [0, 0.05) is 25.7 Å². The largest absolute Gasteiger partial charge is 0.369 e. The van der Waals surface area contributed by atoms with Crippen molar-refractivity contribution < 1.29 is 4.39 Å². The first-order valence-corrected chi connectivity index (χ1v) is 7.90. The molecule has 1 N–H and O–H groups in total. The molecule has 0 amide bonds. The summed E-state index contributed by atoms with van der Waals surface area (Å²) in [5, 5.41) is 3.42. The highest BCUT2D eigenvalue weighted by Crippen LogP contribution is 2.23. The lowest BCUT2D eigenvalue weighted by atomic mass is 10.1. The molecule has 1 fully saturated rings. The van der Waals surface area contributed by atoms with Crippen molar-refractivity contribution >= 4 is 5.69 Å². The van der Waals surface area contributed by atoms with E-state index in [0.29, 0.717) is 12.0 Å². The van der Waals surface area contributed by atoms with Crippen molar-refractivity contribution in [3.05, 3.63) is 29.6 Å². The van der Waals surface area contributed by atoms with Gasteiger partial charge in [0.25, 0.3) is 0 Å². The third kappa shape index (κ3) is 4.20. The molecule has 0 spiro atoms. The molecule has 1 atom stereocenters. The number of anilines is 1. The molecule has 2 rings (SSSR count). The second-order valence-corrected chi connectivity index (χ2v) is 5.99. The van der Waals surface area contributed by atoms with Crippen molar-refractivity contribution in [3.63, 3.8) is 0 Å². The number of nitrogens with zero attached hydrogens (tertiary/aromatic N) is 1. The van der Waals surface area contributed by atoms with Gasteiger partial charge in [-0.1, -0.05) is 26.3 Å². The summed E-state index contributed by atoms with van der Waals surface area (Å²) in [7, 11) is 0. The Morgan fingerprint density at radius 3 is 2.65 bits per heavy atom. The fraction of sp³-hybridized carbons (Fsp3) is 0.647. The van der Waals surface area contributed by atoms with E-state index in [0.717, 1.165) is 37.3 Å². The average Bonchev–Trinajstić information content (AvgIpc) is 3.27. The summed E-state index contributed by atoms with van der Waals surface area (Å²) in [4.78, 5) is 2.14. The van der Waals surface area contributed by atoms with Crippen LogP contribution in [0.5, 0.6) is 0 Å². The van der Waals surface area contributed by atoms with E-state index >= 15 is 0 Å². The number of nitrogens with one attached hydrogen (secondary N) is 1. The summed E-state index contributed by atoms with van der Waals surface area (Å²) < 4.78 is 14.3. The molecular formula is C17H27FN2. The van der Waals surface area contributed by atoms with Gasteiger partial charge in [0.1, 0.15) is 5.82 Å². The predicted molar refractivity (Wildman–Crippen MR) is 83.6 cm³/mol. The Hall–Kier alpha value is -1.09. The van der Waals surface area contributed by atoms with E-state index in [1.165, 1.54) is 12.8 Å². The molecule has 112 valence electrons. The van der Waals surface area contributed by atoms with Crippen molar-refractivity contribution in [2.24, 2.45) is 5.92 Å². The Labute approximate surface area is 122 Å². The van der Waals surface area contributed by atoms with Gasteiger partial charge >= 0.3 is 0 Å². The van der Waals surface area contributed by atoms with Crippen LogP contribution in [-0.4, -0.2) is 19.1 Å². The lowest BCUT2D eigenvalue weighted by molar-refractivity contribution is 0.537. The normalized spacial score (nSPS) is 16.2. The van der Waals surface area contributed by atoms with Crippen LogP contribution in [0.15, 0.2) is 18.2 Å². The van der Waals surface area contributed by atoms with Crippen molar-refractivity contribution in [3.8, 4) is 0 Å². The monoisotopic (exact) mass is 278 g/mol. The minimum Gasteiger partial charge on any atom is -0.369 e. The maximum absolute atomic E-state index is 14.3. The van der Waals surface area contributed by atoms with Gasteiger partial charge in [-0.3, -0.25) is 0 Å². The van der Waals surface area contributed by atoms with E-state index < -0.39 is 0 Å². The van der Waals surface area contributed by atoms with E-state index in [1.54, 1.807) is 6.07 Å². The molecule has 2 nitrogen and oxygen atoms in total. The van der Waals surface area contributed by atoms with Gasteiger partial charge in [-0.05, 0) is 43.4 Å². The highest BCUT2D eigenvalue weighted by Gasteiger charge is 2.20. The Morgan fingerprint density at radius 1 is 1.35 bits per heavy atom. The molecule has 1 aromatic rings. The summed E-state index contributed by atoms with van der Waals surface area (Å²) in [6.07, 6.45) is 3.65. The van der Waals surface area contributed by atoms with Crippen LogP contribution >= 0.6 is 0 Å². The van der Waals surface area contributed by atoms with Crippen LogP contribution in [0.3, 0.4) is 0 Å². The highest BCUT2D eigenvalue weighted by atomic mass is 19.1. The number of hydrogen-bond acceptors (Lipinski definition) is 2. The molecule has 0 aliphatic heterocycles. The summed E-state index contributed by atoms with van der Waals surface area (Å²) in [5.41, 5.74) is 1.78. The molecule has 0 heterocycles. The van der Waals surface area contributed by atoms with Crippen LogP contribution in [-0.2, 0) is 6.54 Å². The quantitative estimate of drug-likeness (QED) is 0.774. The van der Waals surface area contributed by atoms with Crippen molar-refractivity contribution in [1.29, 1.82) is 0 Å². The van der Waals surface area contributed by atoms with Crippen LogP contribution in [0.2, 0.25) is 0 Å². The Morgan fingerprint density at radius 2 is 2.10 bits per heavy atom. The summed E-state index contributed by atoms with van der Waals surface area (Å²) >= 11 is 0. The molecule has 20 heavy (non-hydrogen) atoms. The first-order chi connectivity index (χ1) is 9.63. The molecule has 0 saturated heterocycles. The van der Waals surface area contributed by atoms with Crippen molar-refractivity contribution in [2.75, 3.05) is 18.0 Å². The molecule has 1 aromatic carbocycles. The lowest BCUT2D eigenvalue weighted by Gasteiger charge is -2.26. The van der Waals surface area contributed by atoms with Crippen molar-refractivity contribution in [2.45, 2.75) is 52.6 Å². The standard InChI is InChI=1S/C17H27FN2/c1-4-13(3)12-20(5-2)17-9-6-14(10-16(17)18)11-19-15-7-8-15/h6,9-10,13,15,19H,4-5,7-8,11-12H2,1-3H3. The molecule has 1 aliphatic carbocycles. The second-order valence-electron chi connectivity index (χ2n) is 5.99. The number of benzene rings is 1. The molecule has 0 radical (unpaired) electrons. The van der Waals surface area contributed by atoms with Gasteiger partial charge in [0.2, 0.25) is 0 Å². The zero-order valence-electron chi connectivity index (χ0n) is 13.0. The number of hydrogen-bond donors (Lipinski definition) is 1. The molecular weight excluding hydrogens is 251 g/mol. The van der Waals surface area contributed by atoms with E-state index in [1.807, 2.05) is 12.1 Å². The van der Waals surface area contributed by atoms with Crippen LogP contribution in [0, 0.1) is 11.7 Å². The first-order valence-electron chi connectivity index (χ1n) is 7.90. The zero-order valence-corrected chi connectivity index (χ0v) is 13.0. The molecule has 1 unspecified atom stereocenters. The Kier molecular flexibility index (Phi) is 5.41. The molecule has 0 aromatic heterocycles. The third-order valence-corrected chi connectivity index (χ3v) is 4.14. The van der Waals surface area contributed by atoms with Crippen LogP contribution in [0.25, 0.3) is 0 Å². The Balaban J connectivity index is 2.01. The van der Waals surface area contributed by atoms with Crippen molar-refractivity contribution in [1.82, 2.24) is 5.32 Å². The second kappa shape index (κ2) is 7.07. The number of rotatable bonds is 8. The molecule has 1 saturated carbocycles. The average molecular weight is 278 g/mol. The SMILES string of the molecule is CCC(C)CN(CC)c1ccc(CNC2CC2)cc1F. The molecule has 0 bridgehead atoms. The van der Waals surface area contributed by atoms with Gasteiger partial charge in [0.15, 0.2) is 0 Å². The maximum Gasteiger partial charge on any atom is 0.146 e. The predicted octanol–water partition coefficient (Wildman–Crippen LogP) is 3.95. The lowest BCUT2D eigenvalue weighted by Crippen LogP contribution is -2.29. The number of halogens is 1. The first kappa shape index (κ1) is 15.3. The minimum atomic E-state index is -0.0924. The van der Waals surface area contributed by atoms with Crippen LogP contribution < -0.4 is 10.2 Å². The fourth-order valence-corrected chi connectivity index (χ4v) is 2.37. The van der Waals surface area contributed by atoms with E-state index in [2.05, 4.69) is 31.0 Å². The maximum atomic E-state index is 14.3. The van der Waals surface area contributed by atoms with Gasteiger partial charge in [0.05, 0.1) is 5.69 Å². The molecule has 1 aliphatic rings. The van der Waals surface area contributed by atoms with Crippen LogP contribution in [0.4, 0.5) is 10.1 Å². The highest BCUT2D eigenvalue weighted by molar-refractivity contribution is 5.49. The summed E-state index contributed by atoms with van der Waals surface area (Å²) in [5.74, 6) is 0.496. The topological polar surface area (TPSA) is 15.3 Å². The fourth-order valence-electron chi connectivity index (χ4n) is 2.37. The third-order valence-electron chi connectivity index (χ3n) is 4.14. The Bertz CT molecular complexity index is 429. The van der Waals surface area contributed by atoms with Gasteiger partial charge in [-0.25, -0.2) is 4.39 Å². The van der Waals surface area contributed by atoms with Gasteiger partial charge in [-0.15, -0.1) is 0 Å². The van der Waals surface area contributed by atoms with E-state index in [-0.39, 0.29) is 5.82 Å². The van der Waals surface area contributed by atoms with E-state index in [4.69, 9.17) is 0 Å². The summed E-state index contributed by atoms with van der Waals surface area (Å²) in [6.45, 7) is 9.03. The molecule has 3 heteroatoms. The van der Waals surface area contributed by atoms with Gasteiger partial charge in [-0.2, -0.15) is 0 Å². The smallest absolute Gasteiger partial charge is 0.146 e. The van der Waals surface area contributed by atoms with Crippen LogP contribution in [0.1, 0.15) is 45.6 Å². The summed E-state index contributed by atoms with van der Waals surface area (Å²) in [6, 6.07) is 6.33. The van der Waals surface area contributed by atoms with E-state index in [9.17, 15) is 4.39 Å². The van der Waals surface area contributed by atoms with Gasteiger partial charge < -0.3 is 10.2 Å². The minimum absolute atomic E-state index is 0.0924.